The zero-order valence-electron chi connectivity index (χ0n) is 13.8. The van der Waals surface area contributed by atoms with Gasteiger partial charge < -0.3 is 15.5 Å². The van der Waals surface area contributed by atoms with E-state index in [0.29, 0.717) is 19.0 Å². The Labute approximate surface area is 153 Å². The molecular formula is C17H26ClN3O2S. The number of thiophene rings is 1. The van der Waals surface area contributed by atoms with E-state index in [1.165, 1.54) is 17.8 Å². The van der Waals surface area contributed by atoms with Gasteiger partial charge in [-0.1, -0.05) is 6.07 Å². The summed E-state index contributed by atoms with van der Waals surface area (Å²) >= 11 is 1.44. The van der Waals surface area contributed by atoms with Gasteiger partial charge in [0.25, 0.3) is 5.91 Å². The molecule has 2 atom stereocenters. The molecular weight excluding hydrogens is 346 g/mol. The number of carbonyl (C=O) groups is 2. The van der Waals surface area contributed by atoms with Crippen LogP contribution in [0.15, 0.2) is 17.5 Å². The van der Waals surface area contributed by atoms with Gasteiger partial charge in [0.2, 0.25) is 5.91 Å². The standard InChI is InChI=1S/C17H25N3O2S.ClH/c21-16(19-12-13-5-3-8-18-11-13)14-6-1-2-9-20(14)17(22)15-7-4-10-23-15;/h4,7,10,13-14,18H,1-3,5-6,8-9,11-12H2,(H,19,21);1H. The van der Waals surface area contributed by atoms with Crippen LogP contribution >= 0.6 is 23.7 Å². The van der Waals surface area contributed by atoms with Crippen LogP contribution in [-0.4, -0.2) is 48.9 Å². The molecule has 2 aliphatic heterocycles. The molecule has 3 heterocycles. The minimum atomic E-state index is -0.310. The van der Waals surface area contributed by atoms with Crippen LogP contribution in [-0.2, 0) is 4.79 Å². The van der Waals surface area contributed by atoms with E-state index in [1.807, 2.05) is 17.5 Å². The third-order valence-electron chi connectivity index (χ3n) is 4.76. The van der Waals surface area contributed by atoms with Crippen LogP contribution in [0, 0.1) is 5.92 Å². The summed E-state index contributed by atoms with van der Waals surface area (Å²) in [5, 5.41) is 8.36. The molecule has 2 amide bonds. The lowest BCUT2D eigenvalue weighted by molar-refractivity contribution is -0.126. The number of nitrogens with zero attached hydrogens (tertiary/aromatic N) is 1. The number of hydrogen-bond donors (Lipinski definition) is 2. The van der Waals surface area contributed by atoms with Gasteiger partial charge in [-0.15, -0.1) is 23.7 Å². The maximum absolute atomic E-state index is 12.6. The second-order valence-electron chi connectivity index (χ2n) is 6.44. The Morgan fingerprint density at radius 3 is 2.88 bits per heavy atom. The van der Waals surface area contributed by atoms with Crippen LogP contribution in [0.4, 0.5) is 0 Å². The number of amides is 2. The molecule has 0 bridgehead atoms. The Morgan fingerprint density at radius 1 is 1.29 bits per heavy atom. The average Bonchev–Trinajstić information content (AvgIpc) is 3.14. The second kappa shape index (κ2) is 9.39. The van der Waals surface area contributed by atoms with Gasteiger partial charge in [-0.05, 0) is 62.6 Å². The van der Waals surface area contributed by atoms with Gasteiger partial charge in [-0.2, -0.15) is 0 Å². The number of carbonyl (C=O) groups excluding carboxylic acids is 2. The summed E-state index contributed by atoms with van der Waals surface area (Å²) in [5.74, 6) is 0.525. The molecule has 5 nitrogen and oxygen atoms in total. The summed E-state index contributed by atoms with van der Waals surface area (Å²) in [4.78, 5) is 27.7. The predicted molar refractivity (Wildman–Crippen MR) is 98.8 cm³/mol. The van der Waals surface area contributed by atoms with Crippen LogP contribution in [0.25, 0.3) is 0 Å². The first-order valence-electron chi connectivity index (χ1n) is 8.58. The first-order valence-corrected chi connectivity index (χ1v) is 9.46. The van der Waals surface area contributed by atoms with E-state index in [1.54, 1.807) is 4.90 Å². The minimum absolute atomic E-state index is 0. The molecule has 0 aromatic carbocycles. The highest BCUT2D eigenvalue weighted by molar-refractivity contribution is 7.12. The summed E-state index contributed by atoms with van der Waals surface area (Å²) in [7, 11) is 0. The highest BCUT2D eigenvalue weighted by atomic mass is 35.5. The van der Waals surface area contributed by atoms with Gasteiger partial charge in [-0.25, -0.2) is 0 Å². The van der Waals surface area contributed by atoms with Crippen molar-refractivity contribution in [3.05, 3.63) is 22.4 Å². The van der Waals surface area contributed by atoms with Crippen molar-refractivity contribution in [1.82, 2.24) is 15.5 Å². The molecule has 24 heavy (non-hydrogen) atoms. The second-order valence-corrected chi connectivity index (χ2v) is 7.39. The summed E-state index contributed by atoms with van der Waals surface area (Å²) in [5.41, 5.74) is 0. The molecule has 2 saturated heterocycles. The SMILES string of the molecule is Cl.O=C(NCC1CCCNC1)C1CCCCN1C(=O)c1cccs1. The summed E-state index contributed by atoms with van der Waals surface area (Å²) in [6, 6.07) is 3.41. The fourth-order valence-corrected chi connectivity index (χ4v) is 4.13. The van der Waals surface area contributed by atoms with Gasteiger partial charge in [-0.3, -0.25) is 9.59 Å². The molecule has 1 aromatic heterocycles. The van der Waals surface area contributed by atoms with Crippen LogP contribution < -0.4 is 10.6 Å². The Kier molecular flexibility index (Phi) is 7.52. The highest BCUT2D eigenvalue weighted by Crippen LogP contribution is 2.22. The molecule has 2 N–H and O–H groups in total. The van der Waals surface area contributed by atoms with Crippen molar-refractivity contribution in [2.75, 3.05) is 26.2 Å². The summed E-state index contributed by atoms with van der Waals surface area (Å²) in [6.07, 6.45) is 5.10. The van der Waals surface area contributed by atoms with Gasteiger partial charge >= 0.3 is 0 Å². The highest BCUT2D eigenvalue weighted by Gasteiger charge is 2.33. The third-order valence-corrected chi connectivity index (χ3v) is 5.62. The first-order chi connectivity index (χ1) is 11.3. The number of likely N-dealkylation sites (tertiary alicyclic amines) is 1. The molecule has 7 heteroatoms. The zero-order chi connectivity index (χ0) is 16.1. The number of rotatable bonds is 4. The number of nitrogens with one attached hydrogen (secondary N) is 2. The normalized spacial score (nSPS) is 24.1. The van der Waals surface area contributed by atoms with E-state index in [9.17, 15) is 9.59 Å². The van der Waals surface area contributed by atoms with Crippen molar-refractivity contribution in [3.63, 3.8) is 0 Å². The maximum Gasteiger partial charge on any atom is 0.264 e. The summed E-state index contributed by atoms with van der Waals surface area (Å²) in [6.45, 7) is 3.45. The topological polar surface area (TPSA) is 61.4 Å². The fourth-order valence-electron chi connectivity index (χ4n) is 3.45. The maximum atomic E-state index is 12.6. The molecule has 1 aromatic rings. The number of hydrogen-bond acceptors (Lipinski definition) is 4. The van der Waals surface area contributed by atoms with Crippen LogP contribution in [0.2, 0.25) is 0 Å². The molecule has 0 radical (unpaired) electrons. The molecule has 2 unspecified atom stereocenters. The summed E-state index contributed by atoms with van der Waals surface area (Å²) < 4.78 is 0. The molecule has 0 spiro atoms. The lowest BCUT2D eigenvalue weighted by atomic mass is 9.98. The van der Waals surface area contributed by atoms with Crippen molar-refractivity contribution >= 4 is 35.6 Å². The number of piperidine rings is 2. The van der Waals surface area contributed by atoms with Gasteiger partial charge in [0.15, 0.2) is 0 Å². The van der Waals surface area contributed by atoms with Crippen molar-refractivity contribution in [1.29, 1.82) is 0 Å². The molecule has 2 aliphatic rings. The van der Waals surface area contributed by atoms with Gasteiger partial charge in [0.1, 0.15) is 6.04 Å². The lowest BCUT2D eigenvalue weighted by Gasteiger charge is -2.35. The monoisotopic (exact) mass is 371 g/mol. The van der Waals surface area contributed by atoms with E-state index in [4.69, 9.17) is 0 Å². The van der Waals surface area contributed by atoms with Crippen molar-refractivity contribution in [3.8, 4) is 0 Å². The number of halogens is 1. The van der Waals surface area contributed by atoms with E-state index in [-0.39, 0.29) is 30.3 Å². The quantitative estimate of drug-likeness (QED) is 0.853. The van der Waals surface area contributed by atoms with E-state index in [2.05, 4.69) is 10.6 Å². The van der Waals surface area contributed by atoms with E-state index < -0.39 is 0 Å². The van der Waals surface area contributed by atoms with Crippen LogP contribution in [0.5, 0.6) is 0 Å². The van der Waals surface area contributed by atoms with Gasteiger partial charge in [0, 0.05) is 13.1 Å². The molecule has 0 saturated carbocycles. The Hall–Kier alpha value is -1.11. The molecule has 0 aliphatic carbocycles. The van der Waals surface area contributed by atoms with Crippen molar-refractivity contribution in [2.45, 2.75) is 38.1 Å². The Morgan fingerprint density at radius 2 is 2.17 bits per heavy atom. The molecule has 2 fully saturated rings. The Balaban J connectivity index is 0.00000208. The van der Waals surface area contributed by atoms with E-state index >= 15 is 0 Å². The van der Waals surface area contributed by atoms with Crippen LogP contribution in [0.3, 0.4) is 0 Å². The lowest BCUT2D eigenvalue weighted by Crippen LogP contribution is -2.52. The largest absolute Gasteiger partial charge is 0.354 e. The fraction of sp³-hybridized carbons (Fsp3) is 0.647. The predicted octanol–water partition coefficient (Wildman–Crippen LogP) is 2.28. The minimum Gasteiger partial charge on any atom is -0.354 e. The van der Waals surface area contributed by atoms with Gasteiger partial charge in [0.05, 0.1) is 4.88 Å². The first kappa shape index (κ1) is 19.2. The Bertz CT molecular complexity index is 532. The average molecular weight is 372 g/mol. The van der Waals surface area contributed by atoms with E-state index in [0.717, 1.165) is 43.6 Å². The van der Waals surface area contributed by atoms with Crippen molar-refractivity contribution in [2.24, 2.45) is 5.92 Å². The smallest absolute Gasteiger partial charge is 0.264 e. The third kappa shape index (κ3) is 4.71. The van der Waals surface area contributed by atoms with Crippen LogP contribution in [0.1, 0.15) is 41.8 Å². The molecule has 3 rings (SSSR count). The van der Waals surface area contributed by atoms with Crippen molar-refractivity contribution < 1.29 is 9.59 Å². The molecule has 134 valence electrons. The zero-order valence-corrected chi connectivity index (χ0v) is 15.5.